The summed E-state index contributed by atoms with van der Waals surface area (Å²) in [4.78, 5) is 8.47. The van der Waals surface area contributed by atoms with Gasteiger partial charge in [-0.25, -0.2) is 14.4 Å². The van der Waals surface area contributed by atoms with E-state index in [4.69, 9.17) is 4.74 Å². The molecule has 4 nitrogen and oxygen atoms in total. The maximum absolute atomic E-state index is 13.8. The Bertz CT molecular complexity index is 805. The number of halogens is 1. The smallest absolute Gasteiger partial charge is 0.222 e. The van der Waals surface area contributed by atoms with Crippen molar-refractivity contribution in [3.8, 4) is 11.5 Å². The van der Waals surface area contributed by atoms with Crippen LogP contribution in [0.5, 0.6) is 11.5 Å². The van der Waals surface area contributed by atoms with Gasteiger partial charge in [-0.05, 0) is 42.8 Å². The molecular formula is C16H14FN3O. The first-order chi connectivity index (χ1) is 10.2. The molecule has 0 atom stereocenters. The van der Waals surface area contributed by atoms with Crippen molar-refractivity contribution >= 4 is 16.9 Å². The first-order valence-corrected chi connectivity index (χ1v) is 6.54. The Morgan fingerprint density at radius 3 is 2.76 bits per heavy atom. The van der Waals surface area contributed by atoms with E-state index in [0.29, 0.717) is 11.7 Å². The summed E-state index contributed by atoms with van der Waals surface area (Å²) < 4.78 is 19.4. The maximum atomic E-state index is 13.8. The van der Waals surface area contributed by atoms with Crippen LogP contribution < -0.4 is 10.1 Å². The van der Waals surface area contributed by atoms with E-state index in [1.807, 2.05) is 19.1 Å². The lowest BCUT2D eigenvalue weighted by atomic mass is 10.2. The third kappa shape index (κ3) is 2.76. The van der Waals surface area contributed by atoms with Crippen molar-refractivity contribution in [2.24, 2.45) is 0 Å². The molecule has 1 N–H and O–H groups in total. The van der Waals surface area contributed by atoms with Gasteiger partial charge in [-0.1, -0.05) is 6.07 Å². The molecule has 2 aromatic carbocycles. The van der Waals surface area contributed by atoms with Crippen LogP contribution in [0.2, 0.25) is 0 Å². The zero-order valence-corrected chi connectivity index (χ0v) is 11.7. The van der Waals surface area contributed by atoms with Crippen LogP contribution in [0, 0.1) is 12.7 Å². The molecule has 21 heavy (non-hydrogen) atoms. The van der Waals surface area contributed by atoms with Crippen molar-refractivity contribution in [2.45, 2.75) is 6.92 Å². The molecular weight excluding hydrogens is 269 g/mol. The number of benzene rings is 2. The van der Waals surface area contributed by atoms with Gasteiger partial charge in [0.1, 0.15) is 5.75 Å². The zero-order valence-electron chi connectivity index (χ0n) is 11.7. The molecule has 0 aliphatic heterocycles. The van der Waals surface area contributed by atoms with E-state index < -0.39 is 0 Å². The highest BCUT2D eigenvalue weighted by atomic mass is 19.1. The number of rotatable bonds is 3. The molecule has 0 unspecified atom stereocenters. The summed E-state index contributed by atoms with van der Waals surface area (Å²) >= 11 is 0. The fourth-order valence-electron chi connectivity index (χ4n) is 2.01. The minimum absolute atomic E-state index is 0.202. The predicted molar refractivity (Wildman–Crippen MR) is 80.3 cm³/mol. The minimum Gasteiger partial charge on any atom is -0.454 e. The van der Waals surface area contributed by atoms with Gasteiger partial charge in [0.05, 0.1) is 5.52 Å². The van der Waals surface area contributed by atoms with Gasteiger partial charge >= 0.3 is 0 Å². The average Bonchev–Trinajstić information content (AvgIpc) is 2.49. The van der Waals surface area contributed by atoms with Crippen molar-refractivity contribution < 1.29 is 9.13 Å². The second-order valence-electron chi connectivity index (χ2n) is 4.70. The molecule has 0 amide bonds. The van der Waals surface area contributed by atoms with Crippen LogP contribution in [-0.4, -0.2) is 17.0 Å². The molecule has 0 aliphatic carbocycles. The van der Waals surface area contributed by atoms with Crippen molar-refractivity contribution in [3.05, 3.63) is 54.0 Å². The summed E-state index contributed by atoms with van der Waals surface area (Å²) in [5, 5.41) is 3.72. The monoisotopic (exact) mass is 283 g/mol. The SMILES string of the molecule is CNc1ncc2cc(Oc3ccc(C)cc3F)ccc2n1. The first kappa shape index (κ1) is 13.3. The van der Waals surface area contributed by atoms with Crippen molar-refractivity contribution in [1.82, 2.24) is 9.97 Å². The molecule has 0 spiro atoms. The molecule has 5 heteroatoms. The molecule has 0 saturated heterocycles. The topological polar surface area (TPSA) is 47.0 Å². The number of hydrogen-bond donors (Lipinski definition) is 1. The van der Waals surface area contributed by atoms with Gasteiger partial charge in [-0.3, -0.25) is 0 Å². The summed E-state index contributed by atoms with van der Waals surface area (Å²) in [6.07, 6.45) is 1.70. The fraction of sp³-hybridized carbons (Fsp3) is 0.125. The Balaban J connectivity index is 1.94. The summed E-state index contributed by atoms with van der Waals surface area (Å²) in [6.45, 7) is 1.83. The van der Waals surface area contributed by atoms with Crippen LogP contribution in [-0.2, 0) is 0 Å². The molecule has 1 aromatic heterocycles. The summed E-state index contributed by atoms with van der Waals surface area (Å²) in [5.74, 6) is 0.927. The molecule has 0 radical (unpaired) electrons. The molecule has 0 fully saturated rings. The van der Waals surface area contributed by atoms with Gasteiger partial charge in [0.25, 0.3) is 0 Å². The van der Waals surface area contributed by atoms with E-state index in [-0.39, 0.29) is 11.6 Å². The van der Waals surface area contributed by atoms with Gasteiger partial charge in [-0.2, -0.15) is 0 Å². The van der Waals surface area contributed by atoms with E-state index in [9.17, 15) is 4.39 Å². The van der Waals surface area contributed by atoms with Crippen LogP contribution in [0.25, 0.3) is 10.9 Å². The molecule has 3 rings (SSSR count). The van der Waals surface area contributed by atoms with E-state index in [2.05, 4.69) is 15.3 Å². The molecule has 3 aromatic rings. The molecule has 1 heterocycles. The molecule has 0 aliphatic rings. The van der Waals surface area contributed by atoms with Crippen molar-refractivity contribution in [1.29, 1.82) is 0 Å². The number of aromatic nitrogens is 2. The molecule has 0 saturated carbocycles. The Morgan fingerprint density at radius 2 is 2.00 bits per heavy atom. The van der Waals surface area contributed by atoms with E-state index in [0.717, 1.165) is 16.5 Å². The summed E-state index contributed by atoms with van der Waals surface area (Å²) in [6, 6.07) is 10.2. The third-order valence-electron chi connectivity index (χ3n) is 3.09. The highest BCUT2D eigenvalue weighted by molar-refractivity contribution is 5.80. The Hall–Kier alpha value is -2.69. The van der Waals surface area contributed by atoms with Crippen LogP contribution in [0.1, 0.15) is 5.56 Å². The number of hydrogen-bond acceptors (Lipinski definition) is 4. The largest absolute Gasteiger partial charge is 0.454 e. The predicted octanol–water partition coefficient (Wildman–Crippen LogP) is 3.91. The first-order valence-electron chi connectivity index (χ1n) is 6.54. The number of nitrogens with one attached hydrogen (secondary N) is 1. The van der Waals surface area contributed by atoms with Gasteiger partial charge in [0.2, 0.25) is 5.95 Å². The van der Waals surface area contributed by atoms with Crippen molar-refractivity contribution in [3.63, 3.8) is 0 Å². The van der Waals surface area contributed by atoms with Crippen LogP contribution in [0.3, 0.4) is 0 Å². The summed E-state index contributed by atoms with van der Waals surface area (Å²) in [7, 11) is 1.76. The van der Waals surface area contributed by atoms with Crippen LogP contribution in [0.4, 0.5) is 10.3 Å². The zero-order chi connectivity index (χ0) is 14.8. The quantitative estimate of drug-likeness (QED) is 0.791. The lowest BCUT2D eigenvalue weighted by Gasteiger charge is -2.08. The van der Waals surface area contributed by atoms with Crippen LogP contribution >= 0.6 is 0 Å². The lowest BCUT2D eigenvalue weighted by molar-refractivity contribution is 0.442. The molecule has 0 bridgehead atoms. The normalized spacial score (nSPS) is 10.6. The van der Waals surface area contributed by atoms with Gasteiger partial charge in [0.15, 0.2) is 11.6 Å². The second kappa shape index (κ2) is 5.36. The number of fused-ring (bicyclic) bond motifs is 1. The highest BCUT2D eigenvalue weighted by Crippen LogP contribution is 2.27. The van der Waals surface area contributed by atoms with E-state index in [1.165, 1.54) is 6.07 Å². The lowest BCUT2D eigenvalue weighted by Crippen LogP contribution is -1.96. The Labute approximate surface area is 121 Å². The Morgan fingerprint density at radius 1 is 1.14 bits per heavy atom. The Kier molecular flexibility index (Phi) is 3.39. The van der Waals surface area contributed by atoms with E-state index >= 15 is 0 Å². The van der Waals surface area contributed by atoms with Gasteiger partial charge < -0.3 is 10.1 Å². The number of ether oxygens (including phenoxy) is 1. The fourth-order valence-corrected chi connectivity index (χ4v) is 2.01. The number of anilines is 1. The number of nitrogens with zero attached hydrogens (tertiary/aromatic N) is 2. The summed E-state index contributed by atoms with van der Waals surface area (Å²) in [5.41, 5.74) is 1.65. The number of aryl methyl sites for hydroxylation is 1. The van der Waals surface area contributed by atoms with Gasteiger partial charge in [-0.15, -0.1) is 0 Å². The molecule has 106 valence electrons. The van der Waals surface area contributed by atoms with Crippen molar-refractivity contribution in [2.75, 3.05) is 12.4 Å². The second-order valence-corrected chi connectivity index (χ2v) is 4.70. The minimum atomic E-state index is -0.378. The third-order valence-corrected chi connectivity index (χ3v) is 3.09. The maximum Gasteiger partial charge on any atom is 0.222 e. The highest BCUT2D eigenvalue weighted by Gasteiger charge is 2.06. The van der Waals surface area contributed by atoms with Gasteiger partial charge in [0, 0.05) is 18.6 Å². The van der Waals surface area contributed by atoms with Crippen LogP contribution in [0.15, 0.2) is 42.6 Å². The van der Waals surface area contributed by atoms with E-state index in [1.54, 1.807) is 31.4 Å². The standard InChI is InChI=1S/C16H14FN3O/c1-10-3-6-15(13(17)7-10)21-12-4-5-14-11(8-12)9-19-16(18-2)20-14/h3-9H,1-2H3,(H,18,19,20). The average molecular weight is 283 g/mol.